The standard InChI is InChI=1S/C31H30N2S/c1-23-11-8-9-22-32(25(3)13-10-12-24(23)2)26-18-20-27(21-19-26)33-28-14-4-6-16-30(28)34-31-17-7-5-15-29(31)33/h4-22,25,28,30H,1H2,2-3H3/b11-8-,13-10-,22-9-,24-12+. The number of allylic oxidation sites excluding steroid dienone is 9. The minimum Gasteiger partial charge on any atom is -0.341 e. The molecule has 170 valence electrons. The average molecular weight is 463 g/mol. The first-order valence-corrected chi connectivity index (χ1v) is 12.7. The average Bonchev–Trinajstić information content (AvgIpc) is 2.89. The van der Waals surface area contributed by atoms with Crippen LogP contribution in [0.3, 0.4) is 0 Å². The van der Waals surface area contributed by atoms with E-state index < -0.39 is 0 Å². The highest BCUT2D eigenvalue weighted by Gasteiger charge is 2.33. The van der Waals surface area contributed by atoms with Gasteiger partial charge in [0.1, 0.15) is 0 Å². The first kappa shape index (κ1) is 22.4. The first-order chi connectivity index (χ1) is 16.6. The van der Waals surface area contributed by atoms with E-state index in [2.05, 4.69) is 146 Å². The third-order valence-corrected chi connectivity index (χ3v) is 7.81. The van der Waals surface area contributed by atoms with Crippen molar-refractivity contribution in [3.8, 4) is 0 Å². The summed E-state index contributed by atoms with van der Waals surface area (Å²) >= 11 is 1.95. The Morgan fingerprint density at radius 3 is 2.44 bits per heavy atom. The molecule has 0 fully saturated rings. The van der Waals surface area contributed by atoms with Crippen LogP contribution in [0, 0.1) is 0 Å². The van der Waals surface area contributed by atoms with E-state index in [-0.39, 0.29) is 6.04 Å². The summed E-state index contributed by atoms with van der Waals surface area (Å²) in [5, 5.41) is 0.414. The third-order valence-electron chi connectivity index (χ3n) is 6.51. The lowest BCUT2D eigenvalue weighted by molar-refractivity contribution is 0.778. The van der Waals surface area contributed by atoms with Crippen molar-refractivity contribution < 1.29 is 0 Å². The van der Waals surface area contributed by atoms with Gasteiger partial charge in [-0.05, 0) is 67.5 Å². The summed E-state index contributed by atoms with van der Waals surface area (Å²) in [5.41, 5.74) is 5.87. The van der Waals surface area contributed by atoms with Gasteiger partial charge in [-0.25, -0.2) is 0 Å². The van der Waals surface area contributed by atoms with E-state index in [0.29, 0.717) is 11.3 Å². The number of thioether (sulfide) groups is 1. The second-order valence-corrected chi connectivity index (χ2v) is 10.0. The number of para-hydroxylation sites is 1. The maximum Gasteiger partial charge on any atom is 0.0683 e. The van der Waals surface area contributed by atoms with Gasteiger partial charge >= 0.3 is 0 Å². The summed E-state index contributed by atoms with van der Waals surface area (Å²) < 4.78 is 0. The third kappa shape index (κ3) is 4.49. The molecule has 2 aromatic rings. The fraction of sp³-hybridized carbons (Fsp3) is 0.161. The van der Waals surface area contributed by atoms with Crippen LogP contribution in [0.4, 0.5) is 17.1 Å². The van der Waals surface area contributed by atoms with Crippen LogP contribution in [0.2, 0.25) is 0 Å². The molecular weight excluding hydrogens is 432 g/mol. The van der Waals surface area contributed by atoms with Crippen LogP contribution in [-0.4, -0.2) is 17.3 Å². The lowest BCUT2D eigenvalue weighted by Gasteiger charge is -2.42. The monoisotopic (exact) mass is 462 g/mol. The summed E-state index contributed by atoms with van der Waals surface area (Å²) in [4.78, 5) is 6.11. The van der Waals surface area contributed by atoms with Crippen LogP contribution in [0.1, 0.15) is 13.8 Å². The molecule has 3 atom stereocenters. The highest BCUT2D eigenvalue weighted by molar-refractivity contribution is 8.00. The molecule has 5 rings (SSSR count). The van der Waals surface area contributed by atoms with Gasteiger partial charge in [0.05, 0.1) is 17.0 Å². The lowest BCUT2D eigenvalue weighted by atomic mass is 10.0. The van der Waals surface area contributed by atoms with Crippen LogP contribution in [0.5, 0.6) is 0 Å². The maximum atomic E-state index is 4.14. The van der Waals surface area contributed by atoms with Gasteiger partial charge in [-0.2, -0.15) is 0 Å². The molecule has 2 aromatic carbocycles. The van der Waals surface area contributed by atoms with Gasteiger partial charge in [-0.3, -0.25) is 0 Å². The van der Waals surface area contributed by atoms with E-state index in [4.69, 9.17) is 0 Å². The van der Waals surface area contributed by atoms with Crippen molar-refractivity contribution in [3.63, 3.8) is 0 Å². The van der Waals surface area contributed by atoms with Gasteiger partial charge in [-0.15, -0.1) is 11.8 Å². The molecule has 3 heteroatoms. The summed E-state index contributed by atoms with van der Waals surface area (Å²) in [6, 6.07) is 18.2. The predicted octanol–water partition coefficient (Wildman–Crippen LogP) is 8.13. The van der Waals surface area contributed by atoms with E-state index >= 15 is 0 Å². The minimum absolute atomic E-state index is 0.217. The Morgan fingerprint density at radius 2 is 1.59 bits per heavy atom. The molecule has 2 nitrogen and oxygen atoms in total. The second kappa shape index (κ2) is 9.82. The molecule has 2 aliphatic heterocycles. The van der Waals surface area contributed by atoms with E-state index in [0.717, 1.165) is 5.57 Å². The van der Waals surface area contributed by atoms with Crippen LogP contribution < -0.4 is 9.80 Å². The molecule has 0 aromatic heterocycles. The SMILES string of the molecule is C=C1/C=C\C=C/N(c2ccc(N3c4ccccc4SC4C=CC=CC43)cc2)C(C)/C=C\C=C\1C. The molecular formula is C31H30N2S. The Kier molecular flexibility index (Phi) is 6.46. The van der Waals surface area contributed by atoms with Crippen LogP contribution in [-0.2, 0) is 0 Å². The predicted molar refractivity (Wildman–Crippen MR) is 149 cm³/mol. The second-order valence-electron chi connectivity index (χ2n) is 8.81. The molecule has 3 unspecified atom stereocenters. The first-order valence-electron chi connectivity index (χ1n) is 11.8. The number of nitrogens with zero attached hydrogens (tertiary/aromatic N) is 2. The number of rotatable bonds is 2. The van der Waals surface area contributed by atoms with E-state index in [1.54, 1.807) is 0 Å². The van der Waals surface area contributed by atoms with E-state index in [9.17, 15) is 0 Å². The van der Waals surface area contributed by atoms with Gasteiger partial charge in [0.15, 0.2) is 0 Å². The molecule has 0 spiro atoms. The van der Waals surface area contributed by atoms with Crippen LogP contribution >= 0.6 is 11.8 Å². The summed E-state index contributed by atoms with van der Waals surface area (Å²) in [7, 11) is 0. The van der Waals surface area contributed by atoms with Gasteiger partial charge in [0.25, 0.3) is 0 Å². The van der Waals surface area contributed by atoms with Gasteiger partial charge < -0.3 is 9.80 Å². The summed E-state index contributed by atoms with van der Waals surface area (Å²) in [6.45, 7) is 8.46. The molecule has 0 bridgehead atoms. The minimum atomic E-state index is 0.217. The molecule has 1 aliphatic carbocycles. The Bertz CT molecular complexity index is 1240. The number of hydrogen-bond acceptors (Lipinski definition) is 3. The van der Waals surface area contributed by atoms with E-state index in [1.165, 1.54) is 27.5 Å². The molecule has 0 saturated heterocycles. The quantitative estimate of drug-likeness (QED) is 0.445. The molecule has 3 aliphatic rings. The molecule has 2 heterocycles. The fourth-order valence-electron chi connectivity index (χ4n) is 4.54. The molecule has 0 N–H and O–H groups in total. The lowest BCUT2D eigenvalue weighted by Crippen LogP contribution is -2.41. The number of fused-ring (bicyclic) bond motifs is 2. The largest absolute Gasteiger partial charge is 0.341 e. The van der Waals surface area contributed by atoms with Crippen molar-refractivity contribution >= 4 is 28.8 Å². The number of anilines is 3. The maximum absolute atomic E-state index is 4.14. The number of hydrogen-bond donors (Lipinski definition) is 0. The van der Waals surface area contributed by atoms with Crippen molar-refractivity contribution in [2.24, 2.45) is 0 Å². The zero-order chi connectivity index (χ0) is 23.5. The van der Waals surface area contributed by atoms with Gasteiger partial charge in [-0.1, -0.05) is 73.4 Å². The zero-order valence-corrected chi connectivity index (χ0v) is 20.5. The van der Waals surface area contributed by atoms with Crippen molar-refractivity contribution in [3.05, 3.63) is 133 Å². The Balaban J connectivity index is 1.48. The smallest absolute Gasteiger partial charge is 0.0683 e. The summed E-state index contributed by atoms with van der Waals surface area (Å²) in [6.07, 6.45) is 23.8. The molecule has 0 radical (unpaired) electrons. The number of benzene rings is 2. The van der Waals surface area contributed by atoms with Crippen molar-refractivity contribution in [1.29, 1.82) is 0 Å². The van der Waals surface area contributed by atoms with E-state index in [1.807, 2.05) is 11.8 Å². The Morgan fingerprint density at radius 1 is 0.824 bits per heavy atom. The Labute approximate surface area is 207 Å². The highest BCUT2D eigenvalue weighted by atomic mass is 32.2. The topological polar surface area (TPSA) is 6.48 Å². The van der Waals surface area contributed by atoms with Crippen molar-refractivity contribution in [2.75, 3.05) is 9.80 Å². The van der Waals surface area contributed by atoms with Crippen molar-refractivity contribution in [1.82, 2.24) is 0 Å². The molecule has 34 heavy (non-hydrogen) atoms. The van der Waals surface area contributed by atoms with Gasteiger partial charge in [0.2, 0.25) is 0 Å². The zero-order valence-electron chi connectivity index (χ0n) is 19.7. The normalized spacial score (nSPS) is 28.2. The highest BCUT2D eigenvalue weighted by Crippen LogP contribution is 2.47. The van der Waals surface area contributed by atoms with Gasteiger partial charge in [0, 0.05) is 28.5 Å². The molecule has 0 amide bonds. The Hall–Kier alpha value is -3.43. The van der Waals surface area contributed by atoms with Crippen molar-refractivity contribution in [2.45, 2.75) is 36.1 Å². The fourth-order valence-corrected chi connectivity index (χ4v) is 5.80. The molecule has 0 saturated carbocycles. The van der Waals surface area contributed by atoms with Crippen LogP contribution in [0.25, 0.3) is 0 Å². The van der Waals surface area contributed by atoms with Crippen LogP contribution in [0.15, 0.2) is 138 Å². The summed E-state index contributed by atoms with van der Waals surface area (Å²) in [5.74, 6) is 0.